The zero-order valence-electron chi connectivity index (χ0n) is 13.9. The van der Waals surface area contributed by atoms with Crippen LogP contribution in [-0.2, 0) is 6.54 Å². The zero-order chi connectivity index (χ0) is 18.2. The van der Waals surface area contributed by atoms with Gasteiger partial charge in [0, 0.05) is 38.2 Å². The average molecular weight is 354 g/mol. The third kappa shape index (κ3) is 4.69. The quantitative estimate of drug-likeness (QED) is 0.550. The number of amides is 3. The van der Waals surface area contributed by atoms with Crippen molar-refractivity contribution in [1.82, 2.24) is 30.7 Å². The minimum absolute atomic E-state index is 0.237. The topological polar surface area (TPSA) is 114 Å². The lowest BCUT2D eigenvalue weighted by molar-refractivity contribution is 0.0926. The highest BCUT2D eigenvalue weighted by Crippen LogP contribution is 2.04. The highest BCUT2D eigenvalue weighted by atomic mass is 16.3. The Morgan fingerprint density at radius 1 is 1.08 bits per heavy atom. The van der Waals surface area contributed by atoms with Gasteiger partial charge in [-0.2, -0.15) is 5.10 Å². The second-order valence-electron chi connectivity index (χ2n) is 5.32. The number of furan rings is 1. The summed E-state index contributed by atoms with van der Waals surface area (Å²) in [4.78, 5) is 27.7. The zero-order valence-corrected chi connectivity index (χ0v) is 13.9. The second kappa shape index (κ2) is 8.47. The Hall–Kier alpha value is -3.62. The minimum Gasteiger partial charge on any atom is -0.459 e. The molecular formula is C17H18N6O3. The first-order valence-corrected chi connectivity index (χ1v) is 8.01. The molecule has 0 aliphatic carbocycles. The Labute approximate surface area is 149 Å². The van der Waals surface area contributed by atoms with Gasteiger partial charge < -0.3 is 20.4 Å². The Balaban J connectivity index is 1.34. The van der Waals surface area contributed by atoms with E-state index < -0.39 is 0 Å². The molecule has 0 fully saturated rings. The van der Waals surface area contributed by atoms with E-state index in [9.17, 15) is 9.59 Å². The number of nitrogens with one attached hydrogen (secondary N) is 3. The van der Waals surface area contributed by atoms with Crippen LogP contribution in [0.25, 0.3) is 5.82 Å². The van der Waals surface area contributed by atoms with Gasteiger partial charge in [0.2, 0.25) is 0 Å². The molecule has 3 N–H and O–H groups in total. The third-order valence-corrected chi connectivity index (χ3v) is 3.44. The van der Waals surface area contributed by atoms with Crippen molar-refractivity contribution in [2.45, 2.75) is 6.54 Å². The summed E-state index contributed by atoms with van der Waals surface area (Å²) in [6, 6.07) is 8.39. The van der Waals surface area contributed by atoms with E-state index in [4.69, 9.17) is 4.42 Å². The lowest BCUT2D eigenvalue weighted by atomic mass is 10.3. The van der Waals surface area contributed by atoms with Crippen molar-refractivity contribution in [2.24, 2.45) is 0 Å². The molecule has 3 heterocycles. The van der Waals surface area contributed by atoms with Crippen LogP contribution in [0, 0.1) is 0 Å². The van der Waals surface area contributed by atoms with E-state index in [0.717, 1.165) is 5.56 Å². The summed E-state index contributed by atoms with van der Waals surface area (Å²) < 4.78 is 6.62. The predicted octanol–water partition coefficient (Wildman–Crippen LogP) is 1.09. The largest absolute Gasteiger partial charge is 0.459 e. The fourth-order valence-electron chi connectivity index (χ4n) is 2.15. The van der Waals surface area contributed by atoms with E-state index in [1.807, 2.05) is 18.2 Å². The summed E-state index contributed by atoms with van der Waals surface area (Å²) in [5.41, 5.74) is 0.863. The number of hydrogen-bond acceptors (Lipinski definition) is 5. The monoisotopic (exact) mass is 354 g/mol. The van der Waals surface area contributed by atoms with Gasteiger partial charge in [-0.05, 0) is 29.8 Å². The molecule has 0 bridgehead atoms. The van der Waals surface area contributed by atoms with Crippen molar-refractivity contribution in [2.75, 3.05) is 13.1 Å². The third-order valence-electron chi connectivity index (χ3n) is 3.44. The average Bonchev–Trinajstić information content (AvgIpc) is 3.37. The molecule has 0 unspecified atom stereocenters. The predicted molar refractivity (Wildman–Crippen MR) is 92.6 cm³/mol. The SMILES string of the molecule is O=C(NCCNC(=O)c1ccco1)NCc1ccc(-n2cccn2)nc1. The summed E-state index contributed by atoms with van der Waals surface area (Å²) in [6.07, 6.45) is 6.59. The van der Waals surface area contributed by atoms with Crippen molar-refractivity contribution < 1.29 is 14.0 Å². The molecule has 0 saturated heterocycles. The van der Waals surface area contributed by atoms with E-state index >= 15 is 0 Å². The van der Waals surface area contributed by atoms with Crippen LogP contribution in [0.3, 0.4) is 0 Å². The molecule has 9 heteroatoms. The summed E-state index contributed by atoms with van der Waals surface area (Å²) >= 11 is 0. The summed E-state index contributed by atoms with van der Waals surface area (Å²) in [6.45, 7) is 0.943. The maximum atomic E-state index is 11.8. The first-order chi connectivity index (χ1) is 12.7. The standard InChI is InChI=1S/C17H18N6O3/c24-16(14-3-1-10-26-14)18-7-8-19-17(25)21-12-13-4-5-15(20-11-13)23-9-2-6-22-23/h1-6,9-11H,7-8,12H2,(H,18,24)(H2,19,21,25). The van der Waals surface area contributed by atoms with E-state index in [1.165, 1.54) is 6.26 Å². The molecule has 0 atom stereocenters. The van der Waals surface area contributed by atoms with Gasteiger partial charge in [0.25, 0.3) is 5.91 Å². The van der Waals surface area contributed by atoms with E-state index in [-0.39, 0.29) is 17.7 Å². The van der Waals surface area contributed by atoms with Crippen LogP contribution in [0.1, 0.15) is 16.1 Å². The number of aromatic nitrogens is 3. The molecule has 0 aromatic carbocycles. The Morgan fingerprint density at radius 3 is 2.65 bits per heavy atom. The number of nitrogens with zero attached hydrogens (tertiary/aromatic N) is 3. The molecule has 26 heavy (non-hydrogen) atoms. The molecule has 0 radical (unpaired) electrons. The molecule has 0 aliphatic rings. The summed E-state index contributed by atoms with van der Waals surface area (Å²) in [5, 5.41) is 12.1. The fraction of sp³-hybridized carbons (Fsp3) is 0.176. The highest BCUT2D eigenvalue weighted by molar-refractivity contribution is 5.91. The van der Waals surface area contributed by atoms with Gasteiger partial charge in [0.15, 0.2) is 11.6 Å². The molecule has 3 amide bonds. The van der Waals surface area contributed by atoms with Crippen molar-refractivity contribution in [3.63, 3.8) is 0 Å². The van der Waals surface area contributed by atoms with Crippen molar-refractivity contribution >= 4 is 11.9 Å². The summed E-state index contributed by atoms with van der Waals surface area (Å²) in [7, 11) is 0. The molecule has 9 nitrogen and oxygen atoms in total. The summed E-state index contributed by atoms with van der Waals surface area (Å²) in [5.74, 6) is 0.622. The normalized spacial score (nSPS) is 10.3. The lowest BCUT2D eigenvalue weighted by Crippen LogP contribution is -2.40. The first kappa shape index (κ1) is 17.2. The van der Waals surface area contributed by atoms with Crippen LogP contribution in [0.2, 0.25) is 0 Å². The smallest absolute Gasteiger partial charge is 0.315 e. The van der Waals surface area contributed by atoms with Gasteiger partial charge in [0.1, 0.15) is 0 Å². The lowest BCUT2D eigenvalue weighted by Gasteiger charge is -2.08. The van der Waals surface area contributed by atoms with Crippen molar-refractivity contribution in [1.29, 1.82) is 0 Å². The van der Waals surface area contributed by atoms with Crippen LogP contribution in [0.5, 0.6) is 0 Å². The van der Waals surface area contributed by atoms with E-state index in [2.05, 4.69) is 26.0 Å². The molecule has 0 saturated carbocycles. The van der Waals surface area contributed by atoms with Gasteiger partial charge in [-0.15, -0.1) is 0 Å². The molecule has 134 valence electrons. The fourth-order valence-corrected chi connectivity index (χ4v) is 2.15. The molecule has 3 rings (SSSR count). The van der Waals surface area contributed by atoms with Crippen molar-refractivity contribution in [3.05, 3.63) is 66.5 Å². The van der Waals surface area contributed by atoms with Gasteiger partial charge in [-0.3, -0.25) is 4.79 Å². The van der Waals surface area contributed by atoms with Crippen molar-refractivity contribution in [3.8, 4) is 5.82 Å². The number of urea groups is 1. The van der Waals surface area contributed by atoms with Crippen LogP contribution < -0.4 is 16.0 Å². The Kier molecular flexibility index (Phi) is 5.61. The first-order valence-electron chi connectivity index (χ1n) is 8.01. The maximum Gasteiger partial charge on any atom is 0.315 e. The van der Waals surface area contributed by atoms with E-state index in [0.29, 0.717) is 25.5 Å². The van der Waals surface area contributed by atoms with Crippen LogP contribution >= 0.6 is 0 Å². The van der Waals surface area contributed by atoms with Crippen LogP contribution in [0.4, 0.5) is 4.79 Å². The maximum absolute atomic E-state index is 11.8. The minimum atomic E-state index is -0.326. The highest BCUT2D eigenvalue weighted by Gasteiger charge is 2.07. The van der Waals surface area contributed by atoms with Crippen LogP contribution in [-0.4, -0.2) is 39.8 Å². The molecule has 0 aliphatic heterocycles. The Bertz CT molecular complexity index is 828. The number of hydrogen-bond donors (Lipinski definition) is 3. The van der Waals surface area contributed by atoms with E-state index in [1.54, 1.807) is 35.4 Å². The van der Waals surface area contributed by atoms with Gasteiger partial charge in [-0.25, -0.2) is 14.5 Å². The number of carbonyl (C=O) groups is 2. The Morgan fingerprint density at radius 2 is 1.96 bits per heavy atom. The van der Waals surface area contributed by atoms with Gasteiger partial charge in [-0.1, -0.05) is 6.07 Å². The van der Waals surface area contributed by atoms with Gasteiger partial charge in [0.05, 0.1) is 6.26 Å². The van der Waals surface area contributed by atoms with Gasteiger partial charge >= 0.3 is 6.03 Å². The van der Waals surface area contributed by atoms with Crippen LogP contribution in [0.15, 0.2) is 59.6 Å². The molecular weight excluding hydrogens is 336 g/mol. The molecule has 0 spiro atoms. The second-order valence-corrected chi connectivity index (χ2v) is 5.32. The molecule has 3 aromatic heterocycles. The number of pyridine rings is 1. The number of carbonyl (C=O) groups excluding carboxylic acids is 2. The number of rotatable bonds is 7. The molecule has 3 aromatic rings.